The van der Waals surface area contributed by atoms with Crippen LogP contribution in [0.2, 0.25) is 0 Å². The highest BCUT2D eigenvalue weighted by Crippen LogP contribution is 2.45. The molecule has 13 rings (SSSR count). The van der Waals surface area contributed by atoms with E-state index in [0.29, 0.717) is 0 Å². The monoisotopic (exact) mass is 726 g/mol. The van der Waals surface area contributed by atoms with Gasteiger partial charge in [-0.15, -0.1) is 0 Å². The fraction of sp³-hybridized carbons (Fsp3) is 0. The Morgan fingerprint density at radius 3 is 1.54 bits per heavy atom. The van der Waals surface area contributed by atoms with Gasteiger partial charge in [-0.2, -0.15) is 0 Å². The van der Waals surface area contributed by atoms with Crippen molar-refractivity contribution in [2.24, 2.45) is 0 Å². The van der Waals surface area contributed by atoms with Crippen LogP contribution >= 0.6 is 0 Å². The van der Waals surface area contributed by atoms with Gasteiger partial charge in [0.15, 0.2) is 5.82 Å². The Bertz CT molecular complexity index is 3810. The van der Waals surface area contributed by atoms with Gasteiger partial charge in [0.05, 0.1) is 33.1 Å². The number of aromatic nitrogens is 4. The highest BCUT2D eigenvalue weighted by Gasteiger charge is 2.26. The van der Waals surface area contributed by atoms with Gasteiger partial charge in [-0.25, -0.2) is 9.97 Å². The summed E-state index contributed by atoms with van der Waals surface area (Å²) in [5, 5.41) is 11.2. The predicted octanol–water partition coefficient (Wildman–Crippen LogP) is 13.7. The van der Waals surface area contributed by atoms with Crippen molar-refractivity contribution in [1.82, 2.24) is 19.1 Å². The fourth-order valence-electron chi connectivity index (χ4n) is 9.49. The Labute approximate surface area is 325 Å². The quantitative estimate of drug-likeness (QED) is 0.170. The van der Waals surface area contributed by atoms with E-state index in [9.17, 15) is 0 Å². The molecule has 0 radical (unpaired) electrons. The highest BCUT2D eigenvalue weighted by atomic mass is 16.3. The normalized spacial score (nSPS) is 12.2. The third-order valence-electron chi connectivity index (χ3n) is 11.9. The first-order chi connectivity index (χ1) is 28.3. The molecule has 0 aliphatic carbocycles. The summed E-state index contributed by atoms with van der Waals surface area (Å²) in [4.78, 5) is 11.6. The third kappa shape index (κ3) is 4.12. The largest absolute Gasteiger partial charge is 0.455 e. The number of hydrogen-bond donors (Lipinski definition) is 0. The summed E-state index contributed by atoms with van der Waals surface area (Å²) in [7, 11) is 0. The average Bonchev–Trinajstić information content (AvgIpc) is 3.94. The minimum atomic E-state index is 0.749. The lowest BCUT2D eigenvalue weighted by Gasteiger charge is -2.17. The molecule has 0 spiro atoms. The first kappa shape index (κ1) is 30.6. The summed E-state index contributed by atoms with van der Waals surface area (Å²) in [5.74, 6) is 0.749. The molecule has 5 nitrogen and oxygen atoms in total. The standard InChI is InChI=1S/C52H30N4O/c1-2-15-31(16-3-1)55-43-26-11-8-19-34(43)39-29-30-40-35-20-9-12-27-44(35)56(50(40)49(39)55)52-48(42-25-14-24-41-36-21-10-13-28-45(36)57-51(41)42)53-46-37-22-6-4-17-32(37)33-18-5-7-23-38(33)47(46)54-52/h1-30H. The summed E-state index contributed by atoms with van der Waals surface area (Å²) in [6.45, 7) is 0. The van der Waals surface area contributed by atoms with Crippen LogP contribution in [0.4, 0.5) is 0 Å². The topological polar surface area (TPSA) is 48.8 Å². The van der Waals surface area contributed by atoms with E-state index >= 15 is 0 Å². The van der Waals surface area contributed by atoms with Gasteiger partial charge in [0.2, 0.25) is 0 Å². The zero-order valence-electron chi connectivity index (χ0n) is 30.5. The first-order valence-electron chi connectivity index (χ1n) is 19.3. The lowest BCUT2D eigenvalue weighted by Crippen LogP contribution is -2.05. The number of fused-ring (bicyclic) bond motifs is 16. The Hall–Kier alpha value is -7.76. The predicted molar refractivity (Wildman–Crippen MR) is 236 cm³/mol. The molecule has 57 heavy (non-hydrogen) atoms. The van der Waals surface area contributed by atoms with E-state index in [1.165, 1.54) is 10.8 Å². The maximum absolute atomic E-state index is 6.76. The molecule has 0 saturated carbocycles. The second kappa shape index (κ2) is 11.4. The highest BCUT2D eigenvalue weighted by molar-refractivity contribution is 6.26. The van der Waals surface area contributed by atoms with Crippen molar-refractivity contribution in [3.05, 3.63) is 182 Å². The van der Waals surface area contributed by atoms with E-state index in [2.05, 4.69) is 179 Å². The molecule has 0 N–H and O–H groups in total. The summed E-state index contributed by atoms with van der Waals surface area (Å²) in [6.07, 6.45) is 0. The summed E-state index contributed by atoms with van der Waals surface area (Å²) in [6, 6.07) is 64.5. The smallest absolute Gasteiger partial charge is 0.165 e. The molecule has 0 unspecified atom stereocenters. The molecule has 0 bridgehead atoms. The average molecular weight is 727 g/mol. The Morgan fingerprint density at radius 1 is 0.351 bits per heavy atom. The Balaban J connectivity index is 1.29. The molecule has 0 amide bonds. The lowest BCUT2D eigenvalue weighted by atomic mass is 9.99. The second-order valence-corrected chi connectivity index (χ2v) is 14.9. The zero-order chi connectivity index (χ0) is 37.2. The first-order valence-corrected chi connectivity index (χ1v) is 19.3. The van der Waals surface area contributed by atoms with E-state index in [1.54, 1.807) is 0 Å². The lowest BCUT2D eigenvalue weighted by molar-refractivity contribution is 0.669. The van der Waals surface area contributed by atoms with Gasteiger partial charge in [0.1, 0.15) is 16.9 Å². The molecule has 0 fully saturated rings. The van der Waals surface area contributed by atoms with E-state index in [0.717, 1.165) is 110 Å². The summed E-state index contributed by atoms with van der Waals surface area (Å²) < 4.78 is 11.6. The number of furan rings is 1. The van der Waals surface area contributed by atoms with E-state index in [-0.39, 0.29) is 0 Å². The van der Waals surface area contributed by atoms with Crippen LogP contribution in [0.25, 0.3) is 121 Å². The van der Waals surface area contributed by atoms with Crippen LogP contribution in [0, 0.1) is 0 Å². The minimum absolute atomic E-state index is 0.749. The van der Waals surface area contributed by atoms with Crippen LogP contribution in [0.15, 0.2) is 186 Å². The molecule has 264 valence electrons. The van der Waals surface area contributed by atoms with Crippen molar-refractivity contribution >= 4 is 98.1 Å². The minimum Gasteiger partial charge on any atom is -0.455 e. The summed E-state index contributed by atoms with van der Waals surface area (Å²) >= 11 is 0. The molecule has 4 aromatic heterocycles. The van der Waals surface area contributed by atoms with Crippen molar-refractivity contribution in [3.63, 3.8) is 0 Å². The number of para-hydroxylation sites is 5. The summed E-state index contributed by atoms with van der Waals surface area (Å²) in [5.41, 5.74) is 10.5. The van der Waals surface area contributed by atoms with E-state index in [1.807, 2.05) is 12.1 Å². The maximum atomic E-state index is 6.76. The molecular formula is C52H30N4O. The van der Waals surface area contributed by atoms with Crippen molar-refractivity contribution in [3.8, 4) is 22.8 Å². The molecular weight excluding hydrogens is 697 g/mol. The Kier molecular flexibility index (Phi) is 6.10. The number of rotatable bonds is 3. The molecule has 4 heterocycles. The number of benzene rings is 9. The molecule has 0 saturated heterocycles. The van der Waals surface area contributed by atoms with Crippen LogP contribution in [0.5, 0.6) is 0 Å². The van der Waals surface area contributed by atoms with Crippen LogP contribution in [0.1, 0.15) is 0 Å². The molecule has 13 aromatic rings. The van der Waals surface area contributed by atoms with Crippen LogP contribution in [-0.2, 0) is 0 Å². The van der Waals surface area contributed by atoms with Crippen molar-refractivity contribution in [1.29, 1.82) is 0 Å². The van der Waals surface area contributed by atoms with Gasteiger partial charge in [0, 0.05) is 54.3 Å². The van der Waals surface area contributed by atoms with E-state index < -0.39 is 0 Å². The van der Waals surface area contributed by atoms with Gasteiger partial charge in [-0.1, -0.05) is 146 Å². The van der Waals surface area contributed by atoms with Crippen molar-refractivity contribution in [2.45, 2.75) is 0 Å². The van der Waals surface area contributed by atoms with Gasteiger partial charge >= 0.3 is 0 Å². The molecule has 5 heteroatoms. The molecule has 0 aliphatic rings. The maximum Gasteiger partial charge on any atom is 0.165 e. The second-order valence-electron chi connectivity index (χ2n) is 14.9. The van der Waals surface area contributed by atoms with Crippen molar-refractivity contribution < 1.29 is 4.42 Å². The number of nitrogens with zero attached hydrogens (tertiary/aromatic N) is 4. The molecule has 0 atom stereocenters. The number of hydrogen-bond acceptors (Lipinski definition) is 3. The van der Waals surface area contributed by atoms with Gasteiger partial charge < -0.3 is 8.98 Å². The van der Waals surface area contributed by atoms with Crippen LogP contribution in [0.3, 0.4) is 0 Å². The zero-order valence-corrected chi connectivity index (χ0v) is 30.5. The molecule has 0 aliphatic heterocycles. The van der Waals surface area contributed by atoms with Gasteiger partial charge in [-0.3, -0.25) is 4.57 Å². The van der Waals surface area contributed by atoms with Crippen LogP contribution in [-0.4, -0.2) is 19.1 Å². The van der Waals surface area contributed by atoms with E-state index in [4.69, 9.17) is 14.4 Å². The molecule has 9 aromatic carbocycles. The third-order valence-corrected chi connectivity index (χ3v) is 11.9. The fourth-order valence-corrected chi connectivity index (χ4v) is 9.49. The van der Waals surface area contributed by atoms with Crippen LogP contribution < -0.4 is 0 Å². The van der Waals surface area contributed by atoms with Crippen molar-refractivity contribution in [2.75, 3.05) is 0 Å². The van der Waals surface area contributed by atoms with Gasteiger partial charge in [0.25, 0.3) is 0 Å². The Morgan fingerprint density at radius 2 is 0.860 bits per heavy atom. The van der Waals surface area contributed by atoms with Gasteiger partial charge in [-0.05, 0) is 47.2 Å². The SMILES string of the molecule is c1ccc(-n2c3ccccc3c3ccc4c5ccccc5n(-c5nc6c7ccccc7c7ccccc7c6nc5-c5cccc6c5oc5ccccc56)c4c32)cc1.